The largest absolute Gasteiger partial charge is 0.493 e. The van der Waals surface area contributed by atoms with Crippen molar-refractivity contribution in [1.82, 2.24) is 10.6 Å². The van der Waals surface area contributed by atoms with Crippen LogP contribution in [0, 0.1) is 11.3 Å². The lowest BCUT2D eigenvalue weighted by Crippen LogP contribution is -2.40. The van der Waals surface area contributed by atoms with Gasteiger partial charge in [-0.05, 0) is 54.7 Å². The Morgan fingerprint density at radius 1 is 1.08 bits per heavy atom. The summed E-state index contributed by atoms with van der Waals surface area (Å²) < 4.78 is 16.2. The van der Waals surface area contributed by atoms with Gasteiger partial charge in [0.25, 0.3) is 0 Å². The van der Waals surface area contributed by atoms with Crippen LogP contribution in [0.2, 0.25) is 0 Å². The third kappa shape index (κ3) is 4.66. The van der Waals surface area contributed by atoms with E-state index in [0.717, 1.165) is 24.0 Å². The summed E-state index contributed by atoms with van der Waals surface area (Å²) in [5.74, 6) is 3.70. The standard InChI is InChI=1S/C19H29N3O3.HI/c1-20-18(22-12-19(7-8-19)14-5-6-14)21-11-13-9-15(23-2)17(25-4)16(10-13)24-3;/h9-10,14H,5-8,11-12H2,1-4H3,(H2,20,21,22);1H. The number of halogens is 1. The minimum Gasteiger partial charge on any atom is -0.493 e. The molecule has 2 fully saturated rings. The molecule has 2 saturated carbocycles. The maximum atomic E-state index is 5.41. The Balaban J connectivity index is 0.00000243. The molecule has 7 heteroatoms. The third-order valence-corrected chi connectivity index (χ3v) is 5.35. The van der Waals surface area contributed by atoms with Crippen LogP contribution in [-0.2, 0) is 6.54 Å². The minimum atomic E-state index is 0. The number of guanidine groups is 1. The molecule has 0 radical (unpaired) electrons. The van der Waals surface area contributed by atoms with Gasteiger partial charge in [-0.2, -0.15) is 0 Å². The second kappa shape index (κ2) is 9.01. The monoisotopic (exact) mass is 475 g/mol. The summed E-state index contributed by atoms with van der Waals surface area (Å²) in [6.45, 7) is 1.65. The smallest absolute Gasteiger partial charge is 0.203 e. The normalized spacial score (nSPS) is 17.8. The zero-order valence-corrected chi connectivity index (χ0v) is 18.4. The second-order valence-electron chi connectivity index (χ2n) is 6.95. The van der Waals surface area contributed by atoms with Gasteiger partial charge in [-0.15, -0.1) is 24.0 Å². The van der Waals surface area contributed by atoms with Crippen LogP contribution in [0.3, 0.4) is 0 Å². The van der Waals surface area contributed by atoms with Gasteiger partial charge >= 0.3 is 0 Å². The summed E-state index contributed by atoms with van der Waals surface area (Å²) in [6, 6.07) is 3.91. The Labute approximate surface area is 173 Å². The number of hydrogen-bond donors (Lipinski definition) is 2. The predicted octanol–water partition coefficient (Wildman–Crippen LogP) is 3.19. The molecular weight excluding hydrogens is 445 g/mol. The molecule has 0 atom stereocenters. The molecule has 0 heterocycles. The van der Waals surface area contributed by atoms with Crippen LogP contribution >= 0.6 is 24.0 Å². The molecule has 3 rings (SSSR count). The molecule has 0 aliphatic heterocycles. The lowest BCUT2D eigenvalue weighted by Gasteiger charge is -2.19. The molecule has 0 spiro atoms. The van der Waals surface area contributed by atoms with Gasteiger partial charge in [0.15, 0.2) is 17.5 Å². The Hall–Kier alpha value is -1.38. The van der Waals surface area contributed by atoms with Crippen LogP contribution in [-0.4, -0.2) is 40.9 Å². The Bertz CT molecular complexity index is 618. The fourth-order valence-electron chi connectivity index (χ4n) is 3.49. The summed E-state index contributed by atoms with van der Waals surface area (Å²) >= 11 is 0. The number of aliphatic imine (C=N–C) groups is 1. The molecule has 0 unspecified atom stereocenters. The van der Waals surface area contributed by atoms with Crippen LogP contribution in [0.5, 0.6) is 17.2 Å². The summed E-state index contributed by atoms with van der Waals surface area (Å²) in [4.78, 5) is 4.34. The molecule has 146 valence electrons. The van der Waals surface area contributed by atoms with Crippen LogP contribution in [0.15, 0.2) is 17.1 Å². The summed E-state index contributed by atoms with van der Waals surface area (Å²) in [5.41, 5.74) is 1.59. The average molecular weight is 475 g/mol. The number of methoxy groups -OCH3 is 3. The van der Waals surface area contributed by atoms with E-state index in [9.17, 15) is 0 Å². The van der Waals surface area contributed by atoms with Crippen LogP contribution in [0.4, 0.5) is 0 Å². The molecule has 26 heavy (non-hydrogen) atoms. The molecule has 0 amide bonds. The van der Waals surface area contributed by atoms with Crippen molar-refractivity contribution in [3.05, 3.63) is 17.7 Å². The van der Waals surface area contributed by atoms with E-state index in [2.05, 4.69) is 15.6 Å². The Morgan fingerprint density at radius 2 is 1.69 bits per heavy atom. The van der Waals surface area contributed by atoms with Gasteiger partial charge in [-0.3, -0.25) is 4.99 Å². The van der Waals surface area contributed by atoms with Gasteiger partial charge < -0.3 is 24.8 Å². The maximum absolute atomic E-state index is 5.41. The SMILES string of the molecule is CN=C(NCc1cc(OC)c(OC)c(OC)c1)NCC1(C2CC2)CC1.I. The number of ether oxygens (including phenoxy) is 3. The van der Waals surface area contributed by atoms with E-state index < -0.39 is 0 Å². The van der Waals surface area contributed by atoms with E-state index in [1.165, 1.54) is 25.7 Å². The lowest BCUT2D eigenvalue weighted by molar-refractivity contribution is 0.323. The Kier molecular flexibility index (Phi) is 7.25. The Morgan fingerprint density at radius 3 is 2.12 bits per heavy atom. The molecule has 0 saturated heterocycles. The summed E-state index contributed by atoms with van der Waals surface area (Å²) in [6.07, 6.45) is 5.52. The molecule has 2 aliphatic carbocycles. The molecule has 0 aromatic heterocycles. The first-order chi connectivity index (χ1) is 12.2. The molecule has 2 aliphatic rings. The third-order valence-electron chi connectivity index (χ3n) is 5.35. The fraction of sp³-hybridized carbons (Fsp3) is 0.632. The van der Waals surface area contributed by atoms with E-state index in [4.69, 9.17) is 14.2 Å². The molecule has 2 N–H and O–H groups in total. The topological polar surface area (TPSA) is 64.1 Å². The van der Waals surface area contributed by atoms with Crippen molar-refractivity contribution < 1.29 is 14.2 Å². The van der Waals surface area contributed by atoms with Crippen molar-refractivity contribution in [1.29, 1.82) is 0 Å². The first-order valence-corrected chi connectivity index (χ1v) is 8.89. The van der Waals surface area contributed by atoms with Crippen molar-refractivity contribution in [2.45, 2.75) is 32.2 Å². The van der Waals surface area contributed by atoms with Crippen LogP contribution in [0.25, 0.3) is 0 Å². The lowest BCUT2D eigenvalue weighted by atomic mass is 10.0. The highest BCUT2D eigenvalue weighted by Gasteiger charge is 2.53. The molecule has 1 aromatic rings. The molecule has 1 aromatic carbocycles. The summed E-state index contributed by atoms with van der Waals surface area (Å²) in [5, 5.41) is 6.87. The van der Waals surface area contributed by atoms with Crippen molar-refractivity contribution in [2.24, 2.45) is 16.3 Å². The van der Waals surface area contributed by atoms with E-state index in [1.54, 1.807) is 28.4 Å². The van der Waals surface area contributed by atoms with Crippen molar-refractivity contribution >= 4 is 29.9 Å². The van der Waals surface area contributed by atoms with E-state index in [-0.39, 0.29) is 24.0 Å². The second-order valence-corrected chi connectivity index (χ2v) is 6.95. The molecule has 0 bridgehead atoms. The number of hydrogen-bond acceptors (Lipinski definition) is 4. The molecule has 6 nitrogen and oxygen atoms in total. The van der Waals surface area contributed by atoms with E-state index >= 15 is 0 Å². The molecular formula is C19H30IN3O3. The first-order valence-electron chi connectivity index (χ1n) is 8.89. The number of nitrogens with zero attached hydrogens (tertiary/aromatic N) is 1. The maximum Gasteiger partial charge on any atom is 0.203 e. The quantitative estimate of drug-likeness (QED) is 0.344. The van der Waals surface area contributed by atoms with Gasteiger partial charge in [0.05, 0.1) is 21.3 Å². The zero-order valence-electron chi connectivity index (χ0n) is 16.1. The minimum absolute atomic E-state index is 0. The highest BCUT2D eigenvalue weighted by molar-refractivity contribution is 14.0. The fourth-order valence-corrected chi connectivity index (χ4v) is 3.49. The van der Waals surface area contributed by atoms with Crippen molar-refractivity contribution in [3.63, 3.8) is 0 Å². The summed E-state index contributed by atoms with van der Waals surface area (Å²) in [7, 11) is 6.67. The first kappa shape index (κ1) is 20.9. The number of rotatable bonds is 8. The van der Waals surface area contributed by atoms with E-state index in [0.29, 0.717) is 29.2 Å². The average Bonchev–Trinajstić information content (AvgIpc) is 3.53. The van der Waals surface area contributed by atoms with Crippen molar-refractivity contribution in [2.75, 3.05) is 34.9 Å². The van der Waals surface area contributed by atoms with Crippen molar-refractivity contribution in [3.8, 4) is 17.2 Å². The van der Waals surface area contributed by atoms with Crippen LogP contribution < -0.4 is 24.8 Å². The van der Waals surface area contributed by atoms with Gasteiger partial charge in [-0.25, -0.2) is 0 Å². The highest BCUT2D eigenvalue weighted by Crippen LogP contribution is 2.60. The van der Waals surface area contributed by atoms with Gasteiger partial charge in [0.2, 0.25) is 5.75 Å². The predicted molar refractivity (Wildman–Crippen MR) is 114 cm³/mol. The highest BCUT2D eigenvalue weighted by atomic mass is 127. The van der Waals surface area contributed by atoms with Gasteiger partial charge in [-0.1, -0.05) is 0 Å². The van der Waals surface area contributed by atoms with Gasteiger partial charge in [0.1, 0.15) is 0 Å². The van der Waals surface area contributed by atoms with Crippen LogP contribution in [0.1, 0.15) is 31.2 Å². The number of nitrogens with one attached hydrogen (secondary N) is 2. The number of benzene rings is 1. The van der Waals surface area contributed by atoms with Gasteiger partial charge in [0, 0.05) is 20.1 Å². The van der Waals surface area contributed by atoms with E-state index in [1.807, 2.05) is 12.1 Å². The zero-order chi connectivity index (χ0) is 17.9.